The molecule has 14 nitrogen and oxygen atoms in total. The summed E-state index contributed by atoms with van der Waals surface area (Å²) in [5.41, 5.74) is -1.29. The van der Waals surface area contributed by atoms with E-state index in [2.05, 4.69) is 34.6 Å². The Labute approximate surface area is 341 Å². The van der Waals surface area contributed by atoms with Gasteiger partial charge < -0.3 is 47.4 Å². The van der Waals surface area contributed by atoms with Crippen LogP contribution in [0.3, 0.4) is 0 Å². The van der Waals surface area contributed by atoms with Gasteiger partial charge in [-0.1, -0.05) is 34.6 Å². The highest BCUT2D eigenvalue weighted by molar-refractivity contribution is 5.68. The Morgan fingerprint density at radius 3 is 1.98 bits per heavy atom. The molecule has 0 aromatic carbocycles. The molecule has 0 amide bonds. The summed E-state index contributed by atoms with van der Waals surface area (Å²) in [5.74, 6) is -1.75. The zero-order chi connectivity index (χ0) is 41.7. The van der Waals surface area contributed by atoms with Crippen LogP contribution in [0.1, 0.15) is 121 Å². The fourth-order valence-corrected chi connectivity index (χ4v) is 15.8. The first-order chi connectivity index (χ1) is 27.1. The number of rotatable bonds is 7. The maximum absolute atomic E-state index is 13.1. The van der Waals surface area contributed by atoms with E-state index in [1.807, 2.05) is 6.92 Å². The van der Waals surface area contributed by atoms with Gasteiger partial charge in [0.1, 0.15) is 17.8 Å². The lowest BCUT2D eigenvalue weighted by atomic mass is 9.41. The van der Waals surface area contributed by atoms with Crippen LogP contribution in [0.2, 0.25) is 0 Å². The second-order valence-electron chi connectivity index (χ2n) is 20.9. The quantitative estimate of drug-likeness (QED) is 0.139. The maximum Gasteiger partial charge on any atom is 0.303 e. The monoisotopic (exact) mass is 816 g/mol. The molecule has 9 aliphatic rings. The predicted octanol–water partition coefficient (Wildman–Crippen LogP) is 5.40. The summed E-state index contributed by atoms with van der Waals surface area (Å²) in [6.45, 7) is 19.1. The Morgan fingerprint density at radius 1 is 0.690 bits per heavy atom. The fourth-order valence-electron chi connectivity index (χ4n) is 15.8. The molecule has 0 aromatic heterocycles. The Morgan fingerprint density at radius 2 is 1.34 bits per heavy atom. The van der Waals surface area contributed by atoms with Crippen LogP contribution in [0, 0.1) is 50.7 Å². The summed E-state index contributed by atoms with van der Waals surface area (Å²) in [5, 5.41) is 0. The summed E-state index contributed by atoms with van der Waals surface area (Å²) in [6.07, 6.45) is 1.68. The second-order valence-corrected chi connectivity index (χ2v) is 20.9. The highest BCUT2D eigenvalue weighted by atomic mass is 16.8. The number of carbonyl (C=O) groups is 4. The third-order valence-electron chi connectivity index (χ3n) is 17.8. The summed E-state index contributed by atoms with van der Waals surface area (Å²) < 4.78 is 62.2. The lowest BCUT2D eigenvalue weighted by molar-refractivity contribution is -0.349. The van der Waals surface area contributed by atoms with E-state index in [0.717, 1.165) is 44.9 Å². The molecule has 4 heterocycles. The van der Waals surface area contributed by atoms with Crippen molar-refractivity contribution in [1.29, 1.82) is 0 Å². The largest absolute Gasteiger partial charge is 0.462 e. The van der Waals surface area contributed by atoms with E-state index in [4.69, 9.17) is 47.4 Å². The summed E-state index contributed by atoms with van der Waals surface area (Å²) in [4.78, 5) is 49.7. The first-order valence-electron chi connectivity index (χ1n) is 21.6. The van der Waals surface area contributed by atoms with Crippen LogP contribution >= 0.6 is 0 Å². The second kappa shape index (κ2) is 13.1. The molecule has 5 aliphatic carbocycles. The van der Waals surface area contributed by atoms with Crippen molar-refractivity contribution < 1.29 is 66.5 Å². The van der Waals surface area contributed by atoms with Gasteiger partial charge in [0.15, 0.2) is 30.9 Å². The molecule has 324 valence electrons. The van der Waals surface area contributed by atoms with Crippen LogP contribution in [-0.4, -0.2) is 104 Å². The molecule has 58 heavy (non-hydrogen) atoms. The van der Waals surface area contributed by atoms with Crippen LogP contribution in [-0.2, 0) is 66.5 Å². The number of ether oxygens (including phenoxy) is 10. The molecule has 3 spiro atoms. The van der Waals surface area contributed by atoms with Crippen molar-refractivity contribution in [3.63, 3.8) is 0 Å². The van der Waals surface area contributed by atoms with E-state index >= 15 is 0 Å². The van der Waals surface area contributed by atoms with Gasteiger partial charge in [-0.25, -0.2) is 0 Å². The van der Waals surface area contributed by atoms with E-state index in [9.17, 15) is 19.2 Å². The third kappa shape index (κ3) is 5.42. The minimum Gasteiger partial charge on any atom is -0.462 e. The lowest BCUT2D eigenvalue weighted by Crippen LogP contribution is -2.64. The van der Waals surface area contributed by atoms with E-state index in [1.54, 1.807) is 14.0 Å². The van der Waals surface area contributed by atoms with Crippen LogP contribution < -0.4 is 0 Å². The van der Waals surface area contributed by atoms with E-state index in [0.29, 0.717) is 18.3 Å². The van der Waals surface area contributed by atoms with Crippen LogP contribution in [0.4, 0.5) is 0 Å². The van der Waals surface area contributed by atoms with Crippen molar-refractivity contribution in [2.75, 3.05) is 13.7 Å². The van der Waals surface area contributed by atoms with E-state index in [1.165, 1.54) is 20.8 Å². The van der Waals surface area contributed by atoms with Gasteiger partial charge in [-0.15, -0.1) is 0 Å². The molecule has 14 heteroatoms. The van der Waals surface area contributed by atoms with Gasteiger partial charge >= 0.3 is 23.9 Å². The molecule has 4 aliphatic heterocycles. The minimum atomic E-state index is -1.14. The molecule has 0 bridgehead atoms. The van der Waals surface area contributed by atoms with Crippen molar-refractivity contribution in [2.45, 2.75) is 187 Å². The fraction of sp³-hybridized carbons (Fsp3) is 0.909. The van der Waals surface area contributed by atoms with Gasteiger partial charge in [-0.2, -0.15) is 0 Å². The molecule has 0 radical (unpaired) electrons. The summed E-state index contributed by atoms with van der Waals surface area (Å²) in [6, 6.07) is 0. The molecule has 4 saturated heterocycles. The average molecular weight is 817 g/mol. The van der Waals surface area contributed by atoms with Crippen LogP contribution in [0.15, 0.2) is 0 Å². The smallest absolute Gasteiger partial charge is 0.303 e. The Balaban J connectivity index is 0.995. The minimum absolute atomic E-state index is 0.0105. The molecule has 0 unspecified atom stereocenters. The summed E-state index contributed by atoms with van der Waals surface area (Å²) in [7, 11) is 1.66. The standard InChI is InChI=1S/C44H64O14/c1-21-16-44(36-41(10,57-36)37(49-11)58-44)56-26-17-39(8)29-13-12-28-38(6,7)30(14-15-42(28)20-43(29,42)18-31(52-23(3)46)40(39,9)32(21)26)55-35-34(54-25(5)48)33(53-24(4)47)27(19-50-35)51-22(2)45/h21,26-37H,12-20H2,1-11H3/t21-,26+,27-,28+,29+,30+,31-,32+,33+,34-,35+,36-,37-,39+,40-,41+,42-,43+,44-/m1/s1. The number of esters is 4. The van der Waals surface area contributed by atoms with Crippen molar-refractivity contribution in [3.05, 3.63) is 0 Å². The van der Waals surface area contributed by atoms with Gasteiger partial charge in [0.25, 0.3) is 0 Å². The third-order valence-corrected chi connectivity index (χ3v) is 17.8. The van der Waals surface area contributed by atoms with Gasteiger partial charge in [-0.3, -0.25) is 19.2 Å². The van der Waals surface area contributed by atoms with E-state index in [-0.39, 0.29) is 75.9 Å². The zero-order valence-corrected chi connectivity index (χ0v) is 36.1. The first kappa shape index (κ1) is 41.0. The number of hydrogen-bond acceptors (Lipinski definition) is 14. The van der Waals surface area contributed by atoms with Crippen molar-refractivity contribution >= 4 is 23.9 Å². The molecule has 0 N–H and O–H groups in total. The number of fused-ring (bicyclic) bond motifs is 6. The highest BCUT2D eigenvalue weighted by Crippen LogP contribution is 2.89. The molecule has 0 aromatic rings. The maximum atomic E-state index is 13.1. The Bertz CT molecular complexity index is 1750. The number of carbonyl (C=O) groups excluding carboxylic acids is 4. The molecule has 5 saturated carbocycles. The Kier molecular flexibility index (Phi) is 9.25. The van der Waals surface area contributed by atoms with Gasteiger partial charge in [0.2, 0.25) is 5.79 Å². The highest BCUT2D eigenvalue weighted by Gasteiger charge is 2.87. The van der Waals surface area contributed by atoms with Crippen molar-refractivity contribution in [1.82, 2.24) is 0 Å². The molecule has 9 fully saturated rings. The van der Waals surface area contributed by atoms with Crippen LogP contribution in [0.5, 0.6) is 0 Å². The Hall–Kier alpha value is -2.36. The van der Waals surface area contributed by atoms with Crippen molar-refractivity contribution in [3.8, 4) is 0 Å². The van der Waals surface area contributed by atoms with Gasteiger partial charge in [0, 0.05) is 46.6 Å². The molecule has 9 rings (SSSR count). The van der Waals surface area contributed by atoms with Gasteiger partial charge in [-0.05, 0) is 97.2 Å². The SMILES string of the molecule is CO[C@@H]1O[C@]2(C[C@@H](C)[C@H]3[C@H](C[C@@]4(C)[C@@H]5CC[C@H]6C(C)(C)[C@@H](O[C@@H]7OC[C@@H](OC(C)=O)[C@H](OC(C)=O)[C@H]7OC(C)=O)CC[C@@]67C[C@@]57C[C@@H](OC(C)=O)[C@]34C)O2)[C@@H]2O[C@]12C. The lowest BCUT2D eigenvalue weighted by Gasteiger charge is -2.65. The number of hydrogen-bond donors (Lipinski definition) is 0. The summed E-state index contributed by atoms with van der Waals surface area (Å²) >= 11 is 0. The normalized spacial score (nSPS) is 54.0. The van der Waals surface area contributed by atoms with Crippen LogP contribution in [0.25, 0.3) is 0 Å². The molecular weight excluding hydrogens is 752 g/mol. The molecule has 19 atom stereocenters. The first-order valence-corrected chi connectivity index (χ1v) is 21.6. The zero-order valence-electron chi connectivity index (χ0n) is 36.1. The van der Waals surface area contributed by atoms with Crippen molar-refractivity contribution in [2.24, 2.45) is 50.7 Å². The van der Waals surface area contributed by atoms with Gasteiger partial charge in [0.05, 0.1) is 18.8 Å². The molecular formula is C44H64O14. The number of epoxide rings is 1. The predicted molar refractivity (Wildman–Crippen MR) is 201 cm³/mol. The topological polar surface area (TPSA) is 164 Å². The average Bonchev–Trinajstić information content (AvgIpc) is 3.95. The van der Waals surface area contributed by atoms with E-state index < -0.39 is 60.2 Å². The number of methoxy groups -OCH3 is 1.